The molecule has 0 spiro atoms. The molecule has 1 amide bonds. The molecule has 0 bridgehead atoms. The largest absolute Gasteiger partial charge is 0.469 e. The molecule has 1 saturated heterocycles. The molecule has 0 aromatic carbocycles. The Hall–Kier alpha value is -1.26. The number of ether oxygens (including phenoxy) is 2. The van der Waals surface area contributed by atoms with E-state index < -0.39 is 6.09 Å². The predicted octanol–water partition coefficient (Wildman–Crippen LogP) is 0.0480. The van der Waals surface area contributed by atoms with Gasteiger partial charge >= 0.3 is 12.1 Å². The molecule has 1 aliphatic rings. The zero-order valence-corrected chi connectivity index (χ0v) is 6.83. The molecule has 0 aliphatic carbocycles. The molecule has 5 nitrogen and oxygen atoms in total. The Labute approximate surface area is 70.0 Å². The lowest BCUT2D eigenvalue weighted by Crippen LogP contribution is -2.26. The highest BCUT2D eigenvalue weighted by atomic mass is 16.6. The van der Waals surface area contributed by atoms with Crippen molar-refractivity contribution in [3.05, 3.63) is 0 Å². The number of alkyl carbamates (subject to hydrolysis) is 1. The van der Waals surface area contributed by atoms with Gasteiger partial charge in [0.2, 0.25) is 0 Å². The molecular weight excluding hydrogens is 162 g/mol. The Kier molecular flexibility index (Phi) is 2.90. The average Bonchev–Trinajstić information content (AvgIpc) is 2.47. The summed E-state index contributed by atoms with van der Waals surface area (Å²) in [5.41, 5.74) is 0. The van der Waals surface area contributed by atoms with E-state index in [1.54, 1.807) is 0 Å². The number of hydrogen-bond donors (Lipinski definition) is 1. The van der Waals surface area contributed by atoms with Gasteiger partial charge in [-0.25, -0.2) is 4.79 Å². The zero-order valence-electron chi connectivity index (χ0n) is 6.83. The van der Waals surface area contributed by atoms with Crippen LogP contribution in [0.15, 0.2) is 0 Å². The summed E-state index contributed by atoms with van der Waals surface area (Å²) in [7, 11) is 1.34. The molecule has 1 heterocycles. The monoisotopic (exact) mass is 173 g/mol. The lowest BCUT2D eigenvalue weighted by molar-refractivity contribution is -0.140. The Morgan fingerprint density at radius 3 is 3.08 bits per heavy atom. The number of carbonyl (C=O) groups excluding carboxylic acids is 2. The van der Waals surface area contributed by atoms with E-state index in [9.17, 15) is 9.59 Å². The van der Waals surface area contributed by atoms with Crippen LogP contribution >= 0.6 is 0 Å². The summed E-state index contributed by atoms with van der Waals surface area (Å²) in [4.78, 5) is 21.2. The van der Waals surface area contributed by atoms with Gasteiger partial charge in [-0.3, -0.25) is 4.79 Å². The van der Waals surface area contributed by atoms with Crippen molar-refractivity contribution < 1.29 is 19.1 Å². The fraction of sp³-hybridized carbons (Fsp3) is 0.714. The first-order valence-electron chi connectivity index (χ1n) is 3.72. The molecule has 1 aliphatic heterocycles. The van der Waals surface area contributed by atoms with E-state index in [0.717, 1.165) is 0 Å². The van der Waals surface area contributed by atoms with Crippen molar-refractivity contribution in [2.75, 3.05) is 13.7 Å². The average molecular weight is 173 g/mol. The Morgan fingerprint density at radius 1 is 1.83 bits per heavy atom. The van der Waals surface area contributed by atoms with Gasteiger partial charge in [0.15, 0.2) is 0 Å². The number of hydrogen-bond acceptors (Lipinski definition) is 4. The molecule has 1 N–H and O–H groups in total. The minimum atomic E-state index is -0.412. The molecule has 68 valence electrons. The van der Waals surface area contributed by atoms with Crippen molar-refractivity contribution >= 4 is 12.1 Å². The summed E-state index contributed by atoms with van der Waals surface area (Å²) in [6, 6.07) is -0.0448. The van der Waals surface area contributed by atoms with Crippen LogP contribution in [0.2, 0.25) is 0 Å². The maximum atomic E-state index is 10.7. The Bertz CT molecular complexity index is 192. The first-order valence-corrected chi connectivity index (χ1v) is 3.72. The summed E-state index contributed by atoms with van der Waals surface area (Å²) in [5, 5.41) is 2.56. The standard InChI is InChI=1S/C7H11NO4/c1-11-6(9)3-2-5-4-12-7(10)8-5/h5H,2-4H2,1H3,(H,8,10). The molecule has 0 radical (unpaired) electrons. The van der Waals surface area contributed by atoms with E-state index >= 15 is 0 Å². The molecule has 1 fully saturated rings. The second-order valence-corrected chi connectivity index (χ2v) is 2.55. The highest BCUT2D eigenvalue weighted by Crippen LogP contribution is 2.05. The third-order valence-corrected chi connectivity index (χ3v) is 1.66. The SMILES string of the molecule is COC(=O)CCC1COC(=O)N1. The lowest BCUT2D eigenvalue weighted by atomic mass is 10.2. The van der Waals surface area contributed by atoms with Gasteiger partial charge in [0.05, 0.1) is 13.2 Å². The van der Waals surface area contributed by atoms with Gasteiger partial charge in [-0.1, -0.05) is 0 Å². The predicted molar refractivity (Wildman–Crippen MR) is 39.5 cm³/mol. The van der Waals surface area contributed by atoms with Crippen LogP contribution in [0.1, 0.15) is 12.8 Å². The van der Waals surface area contributed by atoms with Gasteiger partial charge in [-0.2, -0.15) is 0 Å². The number of amides is 1. The van der Waals surface area contributed by atoms with Crippen molar-refractivity contribution in [3.8, 4) is 0 Å². The number of rotatable bonds is 3. The van der Waals surface area contributed by atoms with Crippen molar-refractivity contribution in [3.63, 3.8) is 0 Å². The van der Waals surface area contributed by atoms with E-state index in [4.69, 9.17) is 0 Å². The first-order chi connectivity index (χ1) is 5.72. The van der Waals surface area contributed by atoms with Gasteiger partial charge < -0.3 is 14.8 Å². The maximum absolute atomic E-state index is 10.7. The second kappa shape index (κ2) is 3.94. The van der Waals surface area contributed by atoms with Gasteiger partial charge in [-0.15, -0.1) is 0 Å². The van der Waals surface area contributed by atoms with Crippen molar-refractivity contribution in [1.29, 1.82) is 0 Å². The van der Waals surface area contributed by atoms with Crippen LogP contribution in [0.3, 0.4) is 0 Å². The molecule has 1 rings (SSSR count). The van der Waals surface area contributed by atoms with Crippen LogP contribution in [0.4, 0.5) is 4.79 Å². The van der Waals surface area contributed by atoms with Crippen LogP contribution in [0, 0.1) is 0 Å². The van der Waals surface area contributed by atoms with Gasteiger partial charge in [0.25, 0.3) is 0 Å². The maximum Gasteiger partial charge on any atom is 0.407 e. The third kappa shape index (κ3) is 2.41. The normalized spacial score (nSPS) is 21.4. The molecule has 0 aromatic rings. The fourth-order valence-electron chi connectivity index (χ4n) is 0.976. The quantitative estimate of drug-likeness (QED) is 0.612. The fourth-order valence-corrected chi connectivity index (χ4v) is 0.976. The summed E-state index contributed by atoms with van der Waals surface area (Å²) in [6.07, 6.45) is 0.466. The van der Waals surface area contributed by atoms with Crippen LogP contribution in [0.5, 0.6) is 0 Å². The van der Waals surface area contributed by atoms with Crippen LogP contribution in [-0.4, -0.2) is 31.8 Å². The van der Waals surface area contributed by atoms with Crippen LogP contribution in [0.25, 0.3) is 0 Å². The summed E-state index contributed by atoms with van der Waals surface area (Å²) < 4.78 is 9.07. The lowest BCUT2D eigenvalue weighted by Gasteiger charge is -2.04. The number of esters is 1. The number of methoxy groups -OCH3 is 1. The van der Waals surface area contributed by atoms with E-state index in [-0.39, 0.29) is 12.0 Å². The number of carbonyl (C=O) groups is 2. The third-order valence-electron chi connectivity index (χ3n) is 1.66. The van der Waals surface area contributed by atoms with Crippen LogP contribution in [-0.2, 0) is 14.3 Å². The van der Waals surface area contributed by atoms with Gasteiger partial charge in [0, 0.05) is 6.42 Å². The molecular formula is C7H11NO4. The van der Waals surface area contributed by atoms with E-state index in [1.165, 1.54) is 7.11 Å². The molecule has 1 unspecified atom stereocenters. The zero-order chi connectivity index (χ0) is 8.97. The topological polar surface area (TPSA) is 64.6 Å². The minimum Gasteiger partial charge on any atom is -0.469 e. The van der Waals surface area contributed by atoms with E-state index in [1.807, 2.05) is 0 Å². The number of cyclic esters (lactones) is 1. The molecule has 0 aromatic heterocycles. The first kappa shape index (κ1) is 8.83. The molecule has 1 atom stereocenters. The van der Waals surface area contributed by atoms with E-state index in [0.29, 0.717) is 19.4 Å². The summed E-state index contributed by atoms with van der Waals surface area (Å²) in [5.74, 6) is -0.267. The number of nitrogens with one attached hydrogen (secondary N) is 1. The Morgan fingerprint density at radius 2 is 2.58 bits per heavy atom. The second-order valence-electron chi connectivity index (χ2n) is 2.55. The van der Waals surface area contributed by atoms with Crippen molar-refractivity contribution in [2.24, 2.45) is 0 Å². The summed E-state index contributed by atoms with van der Waals surface area (Å²) in [6.45, 7) is 0.343. The van der Waals surface area contributed by atoms with Crippen LogP contribution < -0.4 is 5.32 Å². The molecule has 0 saturated carbocycles. The smallest absolute Gasteiger partial charge is 0.407 e. The highest BCUT2D eigenvalue weighted by molar-refractivity contribution is 5.71. The van der Waals surface area contributed by atoms with Crippen molar-refractivity contribution in [1.82, 2.24) is 5.32 Å². The van der Waals surface area contributed by atoms with Crippen molar-refractivity contribution in [2.45, 2.75) is 18.9 Å². The summed E-state index contributed by atoms with van der Waals surface area (Å²) >= 11 is 0. The minimum absolute atomic E-state index is 0.0448. The highest BCUT2D eigenvalue weighted by Gasteiger charge is 2.22. The Balaban J connectivity index is 2.16. The van der Waals surface area contributed by atoms with Gasteiger partial charge in [0.1, 0.15) is 6.61 Å². The molecule has 12 heavy (non-hydrogen) atoms. The van der Waals surface area contributed by atoms with Gasteiger partial charge in [-0.05, 0) is 6.42 Å². The molecule has 5 heteroatoms. The van der Waals surface area contributed by atoms with E-state index in [2.05, 4.69) is 14.8 Å².